The summed E-state index contributed by atoms with van der Waals surface area (Å²) in [6.07, 6.45) is 0. The van der Waals surface area contributed by atoms with Crippen LogP contribution in [0.4, 0.5) is 5.69 Å². The summed E-state index contributed by atoms with van der Waals surface area (Å²) in [5.74, 6) is 0.249. The lowest BCUT2D eigenvalue weighted by atomic mass is 10.1. The highest BCUT2D eigenvalue weighted by molar-refractivity contribution is 5.99. The number of carbonyl (C=O) groups excluding carboxylic acids is 2. The molecule has 1 aromatic rings. The van der Waals surface area contributed by atoms with Gasteiger partial charge in [-0.3, -0.25) is 14.5 Å². The van der Waals surface area contributed by atoms with Crippen LogP contribution < -0.4 is 20.7 Å². The molecular formula is C15H21ClN4O3. The number of rotatable bonds is 4. The van der Waals surface area contributed by atoms with E-state index in [9.17, 15) is 9.59 Å². The summed E-state index contributed by atoms with van der Waals surface area (Å²) in [6.45, 7) is 5.49. The second-order valence-electron chi connectivity index (χ2n) is 5.40. The first-order valence-electron chi connectivity index (χ1n) is 7.50. The Morgan fingerprint density at radius 2 is 2.09 bits per heavy atom. The molecule has 1 fully saturated rings. The Labute approximate surface area is 141 Å². The summed E-state index contributed by atoms with van der Waals surface area (Å²) in [7, 11) is 0. The zero-order valence-corrected chi connectivity index (χ0v) is 13.6. The van der Waals surface area contributed by atoms with E-state index in [0.29, 0.717) is 23.5 Å². The third-order valence-corrected chi connectivity index (χ3v) is 3.80. The molecule has 0 bridgehead atoms. The molecule has 8 heteroatoms. The van der Waals surface area contributed by atoms with Crippen molar-refractivity contribution in [2.24, 2.45) is 0 Å². The van der Waals surface area contributed by atoms with Gasteiger partial charge in [-0.15, -0.1) is 12.4 Å². The lowest BCUT2D eigenvalue weighted by Crippen LogP contribution is -2.46. The molecule has 2 aliphatic heterocycles. The average molecular weight is 341 g/mol. The lowest BCUT2D eigenvalue weighted by molar-refractivity contribution is -0.118. The minimum atomic E-state index is -0.205. The van der Waals surface area contributed by atoms with Crippen LogP contribution >= 0.6 is 12.4 Å². The monoisotopic (exact) mass is 340 g/mol. The zero-order chi connectivity index (χ0) is 15.4. The van der Waals surface area contributed by atoms with E-state index in [0.717, 1.165) is 32.7 Å². The van der Waals surface area contributed by atoms with Gasteiger partial charge in [-0.1, -0.05) is 0 Å². The predicted molar refractivity (Wildman–Crippen MR) is 89.5 cm³/mol. The Balaban J connectivity index is 0.00000192. The second-order valence-corrected chi connectivity index (χ2v) is 5.40. The third kappa shape index (κ3) is 4.57. The molecule has 0 saturated carbocycles. The molecule has 0 aromatic heterocycles. The van der Waals surface area contributed by atoms with Crippen molar-refractivity contribution < 1.29 is 14.3 Å². The molecule has 7 nitrogen and oxygen atoms in total. The SMILES string of the molecule is Cl.O=C1COc2ccc(C(=O)NCCN3CCNCC3)cc2N1. The Kier molecular flexibility index (Phi) is 6.20. The van der Waals surface area contributed by atoms with Crippen molar-refractivity contribution in [3.05, 3.63) is 23.8 Å². The van der Waals surface area contributed by atoms with Crippen molar-refractivity contribution in [2.75, 3.05) is 51.2 Å². The fourth-order valence-electron chi connectivity index (χ4n) is 2.59. The number of ether oxygens (including phenoxy) is 1. The van der Waals surface area contributed by atoms with Crippen molar-refractivity contribution in [2.45, 2.75) is 0 Å². The highest BCUT2D eigenvalue weighted by Crippen LogP contribution is 2.28. The van der Waals surface area contributed by atoms with E-state index in [4.69, 9.17) is 4.74 Å². The van der Waals surface area contributed by atoms with Crippen molar-refractivity contribution in [1.29, 1.82) is 0 Å². The molecule has 23 heavy (non-hydrogen) atoms. The molecule has 3 rings (SSSR count). The molecule has 2 aliphatic rings. The number of hydrogen-bond acceptors (Lipinski definition) is 5. The fourth-order valence-corrected chi connectivity index (χ4v) is 2.59. The maximum absolute atomic E-state index is 12.2. The van der Waals surface area contributed by atoms with Crippen LogP contribution in [-0.2, 0) is 4.79 Å². The van der Waals surface area contributed by atoms with E-state index in [-0.39, 0.29) is 30.8 Å². The topological polar surface area (TPSA) is 82.7 Å². The summed E-state index contributed by atoms with van der Waals surface area (Å²) < 4.78 is 5.27. The number of piperazine rings is 1. The molecule has 0 aliphatic carbocycles. The summed E-state index contributed by atoms with van der Waals surface area (Å²) in [6, 6.07) is 5.06. The van der Waals surface area contributed by atoms with Crippen LogP contribution in [0, 0.1) is 0 Å². The van der Waals surface area contributed by atoms with Crippen molar-refractivity contribution in [3.63, 3.8) is 0 Å². The number of benzene rings is 1. The molecule has 2 amide bonds. The molecule has 0 spiro atoms. The third-order valence-electron chi connectivity index (χ3n) is 3.80. The van der Waals surface area contributed by atoms with Gasteiger partial charge in [-0.25, -0.2) is 0 Å². The highest BCUT2D eigenvalue weighted by Gasteiger charge is 2.18. The van der Waals surface area contributed by atoms with Crippen LogP contribution in [0.15, 0.2) is 18.2 Å². The van der Waals surface area contributed by atoms with Gasteiger partial charge in [0.15, 0.2) is 6.61 Å². The van der Waals surface area contributed by atoms with Gasteiger partial charge in [0.25, 0.3) is 11.8 Å². The quantitative estimate of drug-likeness (QED) is 0.723. The Hall–Kier alpha value is -1.83. The van der Waals surface area contributed by atoms with Crippen LogP contribution in [0.2, 0.25) is 0 Å². The first-order chi connectivity index (χ1) is 10.7. The summed E-state index contributed by atoms with van der Waals surface area (Å²) >= 11 is 0. The van der Waals surface area contributed by atoms with Gasteiger partial charge < -0.3 is 20.7 Å². The van der Waals surface area contributed by atoms with Gasteiger partial charge in [0.05, 0.1) is 5.69 Å². The Morgan fingerprint density at radius 1 is 1.30 bits per heavy atom. The lowest BCUT2D eigenvalue weighted by Gasteiger charge is -2.27. The normalized spacial score (nSPS) is 17.3. The number of carbonyl (C=O) groups is 2. The number of nitrogens with one attached hydrogen (secondary N) is 3. The number of amides is 2. The number of anilines is 1. The van der Waals surface area contributed by atoms with Crippen molar-refractivity contribution >= 4 is 29.9 Å². The largest absolute Gasteiger partial charge is 0.482 e. The van der Waals surface area contributed by atoms with Crippen molar-refractivity contribution in [3.8, 4) is 5.75 Å². The molecule has 1 aromatic carbocycles. The van der Waals surface area contributed by atoms with E-state index in [1.54, 1.807) is 18.2 Å². The van der Waals surface area contributed by atoms with Gasteiger partial charge >= 0.3 is 0 Å². The predicted octanol–water partition coefficient (Wildman–Crippen LogP) is 0.0743. The average Bonchev–Trinajstić information content (AvgIpc) is 2.55. The molecular weight excluding hydrogens is 320 g/mol. The smallest absolute Gasteiger partial charge is 0.262 e. The molecule has 3 N–H and O–H groups in total. The van der Waals surface area contributed by atoms with Gasteiger partial charge in [-0.2, -0.15) is 0 Å². The number of halogens is 1. The fraction of sp³-hybridized carbons (Fsp3) is 0.467. The molecule has 0 radical (unpaired) electrons. The maximum atomic E-state index is 12.2. The van der Waals surface area contributed by atoms with E-state index in [2.05, 4.69) is 20.9 Å². The summed E-state index contributed by atoms with van der Waals surface area (Å²) in [4.78, 5) is 25.8. The van der Waals surface area contributed by atoms with E-state index < -0.39 is 0 Å². The zero-order valence-electron chi connectivity index (χ0n) is 12.8. The first-order valence-corrected chi connectivity index (χ1v) is 7.50. The Morgan fingerprint density at radius 3 is 2.87 bits per heavy atom. The van der Waals surface area contributed by atoms with Crippen molar-refractivity contribution in [1.82, 2.24) is 15.5 Å². The minimum absolute atomic E-state index is 0. The maximum Gasteiger partial charge on any atom is 0.262 e. The standard InChI is InChI=1S/C15H20N4O3.ClH/c20-14-10-22-13-2-1-11(9-12(13)18-14)15(21)17-5-8-19-6-3-16-4-7-19;/h1-2,9,16H,3-8,10H2,(H,17,21)(H,18,20);1H. The van der Waals surface area contributed by atoms with E-state index in [1.807, 2.05) is 0 Å². The Bertz CT molecular complexity index is 576. The number of hydrogen-bond donors (Lipinski definition) is 3. The molecule has 126 valence electrons. The van der Waals surface area contributed by atoms with Gasteiger partial charge in [0, 0.05) is 44.8 Å². The van der Waals surface area contributed by atoms with Crippen LogP contribution in [0.3, 0.4) is 0 Å². The molecule has 0 unspecified atom stereocenters. The van der Waals surface area contributed by atoms with E-state index in [1.165, 1.54) is 0 Å². The van der Waals surface area contributed by atoms with Crippen LogP contribution in [0.1, 0.15) is 10.4 Å². The number of nitrogens with zero attached hydrogens (tertiary/aromatic N) is 1. The second kappa shape index (κ2) is 8.14. The van der Waals surface area contributed by atoms with Crippen LogP contribution in [0.25, 0.3) is 0 Å². The minimum Gasteiger partial charge on any atom is -0.482 e. The van der Waals surface area contributed by atoms with Crippen LogP contribution in [-0.4, -0.2) is 62.6 Å². The van der Waals surface area contributed by atoms with Crippen LogP contribution in [0.5, 0.6) is 5.75 Å². The molecule has 2 heterocycles. The van der Waals surface area contributed by atoms with Gasteiger partial charge in [0.2, 0.25) is 0 Å². The molecule has 1 saturated heterocycles. The summed E-state index contributed by atoms with van der Waals surface area (Å²) in [5.41, 5.74) is 1.07. The van der Waals surface area contributed by atoms with Gasteiger partial charge in [-0.05, 0) is 18.2 Å². The molecule has 0 atom stereocenters. The summed E-state index contributed by atoms with van der Waals surface area (Å²) in [5, 5.41) is 8.91. The number of fused-ring (bicyclic) bond motifs is 1. The van der Waals surface area contributed by atoms with Gasteiger partial charge in [0.1, 0.15) is 5.75 Å². The highest BCUT2D eigenvalue weighted by atomic mass is 35.5. The van der Waals surface area contributed by atoms with E-state index >= 15 is 0 Å². The first kappa shape index (κ1) is 17.5.